The molecule has 0 aliphatic heterocycles. The fourth-order valence-electron chi connectivity index (χ4n) is 1.99. The molecule has 118 valence electrons. The normalized spacial score (nSPS) is 14.6. The molecule has 4 nitrogen and oxygen atoms in total. The molecule has 0 aliphatic carbocycles. The summed E-state index contributed by atoms with van der Waals surface area (Å²) in [6.45, 7) is 10.8. The van der Waals surface area contributed by atoms with Gasteiger partial charge in [0.05, 0.1) is 0 Å². The van der Waals surface area contributed by atoms with Gasteiger partial charge in [0.2, 0.25) is 0 Å². The van der Waals surface area contributed by atoms with Crippen molar-refractivity contribution in [2.45, 2.75) is 33.6 Å². The van der Waals surface area contributed by atoms with Crippen LogP contribution in [0.4, 0.5) is 0 Å². The number of aliphatic imine (C=N–C) groups is 1. The smallest absolute Gasteiger partial charge is 0.191 e. The van der Waals surface area contributed by atoms with E-state index in [9.17, 15) is 0 Å². The molecule has 0 saturated carbocycles. The Kier molecular flexibility index (Phi) is 7.83. The van der Waals surface area contributed by atoms with Gasteiger partial charge in [-0.1, -0.05) is 43.7 Å². The van der Waals surface area contributed by atoms with Gasteiger partial charge in [-0.25, -0.2) is 0 Å². The van der Waals surface area contributed by atoms with E-state index in [-0.39, 0.29) is 12.5 Å². The van der Waals surface area contributed by atoms with Crippen molar-refractivity contribution in [3.63, 3.8) is 0 Å². The monoisotopic (exact) mass is 291 g/mol. The Balaban J connectivity index is 2.56. The molecule has 0 aliphatic rings. The van der Waals surface area contributed by atoms with E-state index in [1.807, 2.05) is 6.92 Å². The number of aliphatic hydroxyl groups excluding tert-OH is 1. The summed E-state index contributed by atoms with van der Waals surface area (Å²) in [4.78, 5) is 4.50. The highest BCUT2D eigenvalue weighted by atomic mass is 16.3. The van der Waals surface area contributed by atoms with Gasteiger partial charge in [-0.3, -0.25) is 4.99 Å². The molecule has 0 amide bonds. The molecule has 0 heterocycles. The largest absolute Gasteiger partial charge is 0.396 e. The molecule has 1 aromatic rings. The topological polar surface area (TPSA) is 56.7 Å². The first kappa shape index (κ1) is 17.5. The number of hydrogen-bond donors (Lipinski definition) is 3. The third-order valence-corrected chi connectivity index (χ3v) is 3.40. The van der Waals surface area contributed by atoms with Crippen molar-refractivity contribution in [2.24, 2.45) is 10.9 Å². The average molecular weight is 291 g/mol. The first-order chi connectivity index (χ1) is 10.1. The number of aryl methyl sites for hydroxylation is 1. The number of guanidine groups is 1. The van der Waals surface area contributed by atoms with Crippen LogP contribution in [0, 0.1) is 12.8 Å². The molecule has 21 heavy (non-hydrogen) atoms. The molecule has 0 radical (unpaired) electrons. The summed E-state index contributed by atoms with van der Waals surface area (Å²) in [5.74, 6) is 1.43. The predicted molar refractivity (Wildman–Crippen MR) is 89.8 cm³/mol. The fourth-order valence-corrected chi connectivity index (χ4v) is 1.99. The summed E-state index contributed by atoms with van der Waals surface area (Å²) >= 11 is 0. The standard InChI is InChI=1S/C17H29N3O/c1-5-18-17(19-10-14(3)12-21)20-11-15(4)16-8-6-7-13(2)9-16/h6-9,14-15,21H,5,10-12H2,1-4H3,(H2,18,19,20). The average Bonchev–Trinajstić information content (AvgIpc) is 2.49. The molecule has 2 unspecified atom stereocenters. The van der Waals surface area contributed by atoms with Gasteiger partial charge in [-0.15, -0.1) is 0 Å². The quantitative estimate of drug-likeness (QED) is 0.533. The van der Waals surface area contributed by atoms with Crippen molar-refractivity contribution in [3.05, 3.63) is 35.4 Å². The zero-order valence-corrected chi connectivity index (χ0v) is 13.7. The summed E-state index contributed by atoms with van der Waals surface area (Å²) in [7, 11) is 0. The Hall–Kier alpha value is -1.55. The van der Waals surface area contributed by atoms with Crippen LogP contribution in [0.25, 0.3) is 0 Å². The van der Waals surface area contributed by atoms with Gasteiger partial charge in [0.25, 0.3) is 0 Å². The molecule has 1 rings (SSSR count). The van der Waals surface area contributed by atoms with Gasteiger partial charge < -0.3 is 15.7 Å². The van der Waals surface area contributed by atoms with E-state index in [2.05, 4.69) is 60.7 Å². The van der Waals surface area contributed by atoms with Crippen molar-refractivity contribution in [1.29, 1.82) is 0 Å². The van der Waals surface area contributed by atoms with Crippen LogP contribution in [0.1, 0.15) is 37.8 Å². The Morgan fingerprint density at radius 2 is 2.05 bits per heavy atom. The number of aliphatic hydroxyl groups is 1. The zero-order chi connectivity index (χ0) is 15.7. The summed E-state index contributed by atoms with van der Waals surface area (Å²) in [5, 5.41) is 15.7. The van der Waals surface area contributed by atoms with E-state index in [1.165, 1.54) is 11.1 Å². The van der Waals surface area contributed by atoms with E-state index in [0.29, 0.717) is 12.5 Å². The van der Waals surface area contributed by atoms with Crippen LogP contribution in [0.3, 0.4) is 0 Å². The third-order valence-electron chi connectivity index (χ3n) is 3.40. The number of nitrogens with zero attached hydrogens (tertiary/aromatic N) is 1. The van der Waals surface area contributed by atoms with Gasteiger partial charge in [-0.2, -0.15) is 0 Å². The van der Waals surface area contributed by atoms with Crippen LogP contribution >= 0.6 is 0 Å². The minimum atomic E-state index is 0.169. The Labute approximate surface area is 128 Å². The van der Waals surface area contributed by atoms with Crippen LogP contribution < -0.4 is 10.6 Å². The van der Waals surface area contributed by atoms with E-state index >= 15 is 0 Å². The number of hydrogen-bond acceptors (Lipinski definition) is 2. The van der Waals surface area contributed by atoms with E-state index in [1.54, 1.807) is 0 Å². The molecule has 2 atom stereocenters. The van der Waals surface area contributed by atoms with Gasteiger partial charge in [0, 0.05) is 26.2 Å². The summed E-state index contributed by atoms with van der Waals surface area (Å²) in [6.07, 6.45) is 0. The number of benzene rings is 1. The second-order valence-electron chi connectivity index (χ2n) is 5.70. The molecule has 0 saturated heterocycles. The van der Waals surface area contributed by atoms with E-state index in [4.69, 9.17) is 5.11 Å². The van der Waals surface area contributed by atoms with Gasteiger partial charge >= 0.3 is 0 Å². The maximum Gasteiger partial charge on any atom is 0.191 e. The molecular weight excluding hydrogens is 262 g/mol. The van der Waals surface area contributed by atoms with Crippen LogP contribution in [0.15, 0.2) is 29.3 Å². The van der Waals surface area contributed by atoms with Crippen LogP contribution in [0.2, 0.25) is 0 Å². The predicted octanol–water partition coefficient (Wildman–Crippen LogP) is 2.28. The Morgan fingerprint density at radius 3 is 2.67 bits per heavy atom. The molecule has 3 N–H and O–H groups in total. The highest BCUT2D eigenvalue weighted by Gasteiger charge is 2.07. The molecular formula is C17H29N3O. The van der Waals surface area contributed by atoms with E-state index < -0.39 is 0 Å². The third kappa shape index (κ3) is 6.63. The molecule has 4 heteroatoms. The zero-order valence-electron chi connectivity index (χ0n) is 13.7. The summed E-state index contributed by atoms with van der Waals surface area (Å²) < 4.78 is 0. The summed E-state index contributed by atoms with van der Waals surface area (Å²) in [5.41, 5.74) is 2.62. The van der Waals surface area contributed by atoms with Crippen molar-refractivity contribution in [2.75, 3.05) is 26.2 Å². The van der Waals surface area contributed by atoms with Crippen molar-refractivity contribution < 1.29 is 5.11 Å². The summed E-state index contributed by atoms with van der Waals surface area (Å²) in [6, 6.07) is 8.61. The van der Waals surface area contributed by atoms with Crippen molar-refractivity contribution in [3.8, 4) is 0 Å². The Morgan fingerprint density at radius 1 is 1.29 bits per heavy atom. The number of rotatable bonds is 7. The lowest BCUT2D eigenvalue weighted by atomic mass is 9.99. The lowest BCUT2D eigenvalue weighted by Gasteiger charge is -2.17. The minimum absolute atomic E-state index is 0.169. The second kappa shape index (κ2) is 9.40. The van der Waals surface area contributed by atoms with Crippen molar-refractivity contribution >= 4 is 5.96 Å². The Bertz CT molecular complexity index is 445. The first-order valence-corrected chi connectivity index (χ1v) is 7.76. The SMILES string of the molecule is CCNC(=NCC(C)CO)NCC(C)c1cccc(C)c1. The minimum Gasteiger partial charge on any atom is -0.396 e. The van der Waals surface area contributed by atoms with Crippen LogP contribution in [-0.2, 0) is 0 Å². The van der Waals surface area contributed by atoms with Gasteiger partial charge in [-0.05, 0) is 31.2 Å². The highest BCUT2D eigenvalue weighted by Crippen LogP contribution is 2.15. The van der Waals surface area contributed by atoms with Crippen LogP contribution in [-0.4, -0.2) is 37.3 Å². The van der Waals surface area contributed by atoms with Gasteiger partial charge in [0.1, 0.15) is 0 Å². The molecule has 0 bridgehead atoms. The highest BCUT2D eigenvalue weighted by molar-refractivity contribution is 5.79. The van der Waals surface area contributed by atoms with Crippen molar-refractivity contribution in [1.82, 2.24) is 10.6 Å². The lowest BCUT2D eigenvalue weighted by molar-refractivity contribution is 0.241. The maximum absolute atomic E-state index is 9.06. The van der Waals surface area contributed by atoms with E-state index in [0.717, 1.165) is 19.0 Å². The number of nitrogens with one attached hydrogen (secondary N) is 2. The maximum atomic E-state index is 9.06. The molecule has 0 aromatic heterocycles. The molecule has 1 aromatic carbocycles. The lowest BCUT2D eigenvalue weighted by Crippen LogP contribution is -2.39. The van der Waals surface area contributed by atoms with Gasteiger partial charge in [0.15, 0.2) is 5.96 Å². The molecule has 0 fully saturated rings. The van der Waals surface area contributed by atoms with Crippen LogP contribution in [0.5, 0.6) is 0 Å². The second-order valence-corrected chi connectivity index (χ2v) is 5.70. The molecule has 0 spiro atoms. The fraction of sp³-hybridized carbons (Fsp3) is 0.588. The first-order valence-electron chi connectivity index (χ1n) is 7.76.